The van der Waals surface area contributed by atoms with Crippen LogP contribution in [0.1, 0.15) is 26.2 Å². The van der Waals surface area contributed by atoms with Crippen molar-refractivity contribution >= 4 is 39.2 Å². The Bertz CT molecular complexity index is 538. The fraction of sp³-hybridized carbons (Fsp3) is 0.462. The average Bonchev–Trinajstić information content (AvgIpc) is 2.43. The molecule has 0 aliphatic rings. The molecular formula is C13H15BrClNO5. The molecule has 0 aromatic heterocycles. The number of nitro groups is 1. The number of carbonyl (C=O) groups is 1. The second-order valence-electron chi connectivity index (χ2n) is 4.26. The number of methoxy groups -OCH3 is 1. The largest absolute Gasteiger partial charge is 0.471 e. The molecule has 0 aliphatic heterocycles. The van der Waals surface area contributed by atoms with E-state index < -0.39 is 17.0 Å². The minimum absolute atomic E-state index is 0.0316. The summed E-state index contributed by atoms with van der Waals surface area (Å²) in [5.41, 5.74) is -0.306. The Kier molecular flexibility index (Phi) is 6.91. The summed E-state index contributed by atoms with van der Waals surface area (Å²) in [7, 11) is 1.25. The van der Waals surface area contributed by atoms with Crippen molar-refractivity contribution in [3.8, 4) is 5.75 Å². The highest BCUT2D eigenvalue weighted by Gasteiger charge is 2.27. The molecule has 1 rings (SSSR count). The number of esters is 1. The quantitative estimate of drug-likeness (QED) is 0.404. The number of nitro benzene ring substituents is 1. The van der Waals surface area contributed by atoms with Crippen molar-refractivity contribution in [2.24, 2.45) is 0 Å². The lowest BCUT2D eigenvalue weighted by molar-refractivity contribution is -0.386. The highest BCUT2D eigenvalue weighted by molar-refractivity contribution is 9.10. The number of rotatable bonds is 7. The van der Waals surface area contributed by atoms with Gasteiger partial charge >= 0.3 is 11.7 Å². The number of halogens is 2. The van der Waals surface area contributed by atoms with E-state index in [2.05, 4.69) is 20.7 Å². The maximum absolute atomic E-state index is 11.7. The van der Waals surface area contributed by atoms with Crippen molar-refractivity contribution in [3.05, 3.63) is 31.7 Å². The van der Waals surface area contributed by atoms with Gasteiger partial charge in [0.1, 0.15) is 0 Å². The molecule has 6 nitrogen and oxygen atoms in total. The number of carbonyl (C=O) groups excluding carboxylic acids is 1. The molecule has 0 amide bonds. The molecule has 0 saturated heterocycles. The number of hydrogen-bond acceptors (Lipinski definition) is 5. The zero-order valence-electron chi connectivity index (χ0n) is 11.6. The van der Waals surface area contributed by atoms with Crippen molar-refractivity contribution in [1.82, 2.24) is 0 Å². The number of unbranched alkanes of at least 4 members (excludes halogenated alkanes) is 1. The van der Waals surface area contributed by atoms with Gasteiger partial charge in [-0.1, -0.05) is 24.9 Å². The van der Waals surface area contributed by atoms with E-state index in [1.54, 1.807) is 0 Å². The molecule has 21 heavy (non-hydrogen) atoms. The van der Waals surface area contributed by atoms with E-state index in [0.29, 0.717) is 10.9 Å². The lowest BCUT2D eigenvalue weighted by Gasteiger charge is -2.17. The second-order valence-corrected chi connectivity index (χ2v) is 5.56. The Balaban J connectivity index is 3.13. The van der Waals surface area contributed by atoms with Crippen LogP contribution in [0.4, 0.5) is 5.69 Å². The summed E-state index contributed by atoms with van der Waals surface area (Å²) in [4.78, 5) is 22.2. The Morgan fingerprint density at radius 3 is 2.71 bits per heavy atom. The fourth-order valence-electron chi connectivity index (χ4n) is 1.69. The first kappa shape index (κ1) is 17.7. The predicted molar refractivity (Wildman–Crippen MR) is 81.8 cm³/mol. The monoisotopic (exact) mass is 379 g/mol. The first-order chi connectivity index (χ1) is 9.90. The SMILES string of the molecule is CCCCC(Oc1c(Br)cc(Cl)cc1[N+](=O)[O-])C(=O)OC. The first-order valence-electron chi connectivity index (χ1n) is 6.28. The van der Waals surface area contributed by atoms with Crippen LogP contribution in [0.3, 0.4) is 0 Å². The Morgan fingerprint density at radius 2 is 2.19 bits per heavy atom. The van der Waals surface area contributed by atoms with Crippen molar-refractivity contribution in [1.29, 1.82) is 0 Å². The molecule has 0 radical (unpaired) electrons. The van der Waals surface area contributed by atoms with E-state index >= 15 is 0 Å². The molecule has 1 aromatic rings. The molecule has 0 heterocycles. The van der Waals surface area contributed by atoms with Crippen LogP contribution >= 0.6 is 27.5 Å². The van der Waals surface area contributed by atoms with Gasteiger partial charge in [-0.25, -0.2) is 4.79 Å². The van der Waals surface area contributed by atoms with Crippen LogP contribution in [0.15, 0.2) is 16.6 Å². The van der Waals surface area contributed by atoms with Crippen molar-refractivity contribution in [3.63, 3.8) is 0 Å². The second kappa shape index (κ2) is 8.19. The van der Waals surface area contributed by atoms with Gasteiger partial charge in [-0.3, -0.25) is 10.1 Å². The van der Waals surface area contributed by atoms with Crippen LogP contribution < -0.4 is 4.74 Å². The molecule has 8 heteroatoms. The lowest BCUT2D eigenvalue weighted by Crippen LogP contribution is -2.29. The van der Waals surface area contributed by atoms with Gasteiger partial charge in [0.25, 0.3) is 0 Å². The summed E-state index contributed by atoms with van der Waals surface area (Å²) < 4.78 is 10.5. The summed E-state index contributed by atoms with van der Waals surface area (Å²) in [6.07, 6.45) is 1.11. The third-order valence-corrected chi connectivity index (χ3v) is 3.54. The standard InChI is InChI=1S/C13H15BrClNO5/c1-3-4-5-11(13(17)20-2)21-12-9(14)6-8(15)7-10(12)16(18)19/h6-7,11H,3-5H2,1-2H3. The Morgan fingerprint density at radius 1 is 1.52 bits per heavy atom. The number of hydrogen-bond donors (Lipinski definition) is 0. The van der Waals surface area contributed by atoms with Crippen LogP contribution in [0.5, 0.6) is 5.75 Å². The third-order valence-electron chi connectivity index (χ3n) is 2.73. The maximum atomic E-state index is 11.7. The normalized spacial score (nSPS) is 11.8. The number of ether oxygens (including phenoxy) is 2. The fourth-order valence-corrected chi connectivity index (χ4v) is 2.57. The summed E-state index contributed by atoms with van der Waals surface area (Å²) in [6.45, 7) is 1.97. The zero-order valence-corrected chi connectivity index (χ0v) is 13.9. The molecule has 0 spiro atoms. The van der Waals surface area contributed by atoms with E-state index in [-0.39, 0.29) is 16.5 Å². The smallest absolute Gasteiger partial charge is 0.347 e. The topological polar surface area (TPSA) is 78.7 Å². The van der Waals surface area contributed by atoms with Crippen molar-refractivity contribution < 1.29 is 19.2 Å². The van der Waals surface area contributed by atoms with Gasteiger partial charge in [-0.15, -0.1) is 0 Å². The highest BCUT2D eigenvalue weighted by atomic mass is 79.9. The van der Waals surface area contributed by atoms with Gasteiger partial charge in [-0.2, -0.15) is 0 Å². The average molecular weight is 381 g/mol. The maximum Gasteiger partial charge on any atom is 0.347 e. The molecule has 1 atom stereocenters. The van der Waals surface area contributed by atoms with Crippen LogP contribution in [0.2, 0.25) is 5.02 Å². The van der Waals surface area contributed by atoms with Crippen LogP contribution in [-0.4, -0.2) is 24.1 Å². The van der Waals surface area contributed by atoms with E-state index in [1.807, 2.05) is 6.92 Å². The van der Waals surface area contributed by atoms with E-state index in [9.17, 15) is 14.9 Å². The van der Waals surface area contributed by atoms with E-state index in [4.69, 9.17) is 16.3 Å². The van der Waals surface area contributed by atoms with Gasteiger partial charge in [-0.05, 0) is 34.8 Å². The number of nitrogens with zero attached hydrogens (tertiary/aromatic N) is 1. The zero-order chi connectivity index (χ0) is 16.0. The third kappa shape index (κ3) is 4.86. The summed E-state index contributed by atoms with van der Waals surface area (Å²) in [5.74, 6) is -0.601. The Labute approximate surface area is 135 Å². The number of benzene rings is 1. The van der Waals surface area contributed by atoms with Gasteiger partial charge in [0.05, 0.1) is 16.5 Å². The van der Waals surface area contributed by atoms with Crippen LogP contribution in [0.25, 0.3) is 0 Å². The Hall–Kier alpha value is -1.34. The van der Waals surface area contributed by atoms with Crippen LogP contribution in [0, 0.1) is 10.1 Å². The molecule has 0 N–H and O–H groups in total. The minimum atomic E-state index is -0.897. The summed E-state index contributed by atoms with van der Waals surface area (Å²) in [5, 5.41) is 11.3. The van der Waals surface area contributed by atoms with Crippen LogP contribution in [-0.2, 0) is 9.53 Å². The van der Waals surface area contributed by atoms with E-state index in [0.717, 1.165) is 12.8 Å². The predicted octanol–water partition coefficient (Wildman–Crippen LogP) is 4.12. The molecule has 1 unspecified atom stereocenters. The molecule has 0 fully saturated rings. The molecule has 0 saturated carbocycles. The van der Waals surface area contributed by atoms with E-state index in [1.165, 1.54) is 19.2 Å². The van der Waals surface area contributed by atoms with Crippen molar-refractivity contribution in [2.75, 3.05) is 7.11 Å². The minimum Gasteiger partial charge on any atom is -0.471 e. The van der Waals surface area contributed by atoms with Crippen molar-refractivity contribution in [2.45, 2.75) is 32.3 Å². The summed E-state index contributed by atoms with van der Waals surface area (Å²) >= 11 is 8.96. The molecule has 0 bridgehead atoms. The van der Waals surface area contributed by atoms with Gasteiger partial charge in [0, 0.05) is 11.1 Å². The van der Waals surface area contributed by atoms with Gasteiger partial charge in [0.2, 0.25) is 5.75 Å². The molecule has 116 valence electrons. The first-order valence-corrected chi connectivity index (χ1v) is 7.45. The molecule has 0 aliphatic carbocycles. The lowest BCUT2D eigenvalue weighted by atomic mass is 10.1. The summed E-state index contributed by atoms with van der Waals surface area (Å²) in [6, 6.07) is 2.65. The van der Waals surface area contributed by atoms with Gasteiger partial charge < -0.3 is 9.47 Å². The highest BCUT2D eigenvalue weighted by Crippen LogP contribution is 2.38. The molecule has 1 aromatic carbocycles. The van der Waals surface area contributed by atoms with Gasteiger partial charge in [0.15, 0.2) is 6.10 Å². The molecular weight excluding hydrogens is 366 g/mol.